The van der Waals surface area contributed by atoms with Gasteiger partial charge in [0.15, 0.2) is 5.69 Å². The number of amides is 1. The van der Waals surface area contributed by atoms with Gasteiger partial charge in [-0.05, 0) is 12.5 Å². The molecule has 0 saturated carbocycles. The minimum Gasteiger partial charge on any atom is -0.391 e. The molecule has 5 heteroatoms. The number of hydrogen-bond donors (Lipinski definition) is 2. The zero-order valence-corrected chi connectivity index (χ0v) is 9.26. The van der Waals surface area contributed by atoms with Crippen molar-refractivity contribution in [2.24, 2.45) is 0 Å². The number of H-pyrrole nitrogens is 1. The number of nitrogens with zero attached hydrogens (tertiary/aromatic N) is 2. The molecule has 3 rings (SSSR count). The third-order valence-corrected chi connectivity index (χ3v) is 3.12. The summed E-state index contributed by atoms with van der Waals surface area (Å²) in [6.07, 6.45) is 0.248. The lowest BCUT2D eigenvalue weighted by molar-refractivity contribution is 0.0761. The number of fused-ring (bicyclic) bond motifs is 1. The lowest BCUT2D eigenvalue weighted by atomic mass is 10.2. The largest absolute Gasteiger partial charge is 0.391 e. The number of likely N-dealkylation sites (tertiary alicyclic amines) is 1. The zero-order valence-electron chi connectivity index (χ0n) is 9.26. The van der Waals surface area contributed by atoms with Crippen molar-refractivity contribution in [3.8, 4) is 0 Å². The second kappa shape index (κ2) is 3.85. The summed E-state index contributed by atoms with van der Waals surface area (Å²) in [5.41, 5.74) is 1.30. The first kappa shape index (κ1) is 10.3. The van der Waals surface area contributed by atoms with Crippen molar-refractivity contribution in [3.05, 3.63) is 30.0 Å². The Labute approximate surface area is 98.0 Å². The fourth-order valence-electron chi connectivity index (χ4n) is 2.20. The Balaban J connectivity index is 1.96. The van der Waals surface area contributed by atoms with Crippen LogP contribution in [0.15, 0.2) is 24.3 Å². The Hall–Kier alpha value is -1.88. The van der Waals surface area contributed by atoms with Crippen LogP contribution in [0.1, 0.15) is 16.9 Å². The van der Waals surface area contributed by atoms with Crippen molar-refractivity contribution in [3.63, 3.8) is 0 Å². The average molecular weight is 231 g/mol. The molecule has 1 saturated heterocycles. The Kier molecular flexibility index (Phi) is 2.33. The van der Waals surface area contributed by atoms with E-state index in [0.29, 0.717) is 25.2 Å². The van der Waals surface area contributed by atoms with Crippen LogP contribution >= 0.6 is 0 Å². The van der Waals surface area contributed by atoms with Gasteiger partial charge in [0.1, 0.15) is 0 Å². The van der Waals surface area contributed by atoms with Gasteiger partial charge in [0, 0.05) is 18.5 Å². The van der Waals surface area contributed by atoms with E-state index < -0.39 is 6.10 Å². The first-order chi connectivity index (χ1) is 8.25. The van der Waals surface area contributed by atoms with Crippen molar-refractivity contribution in [2.45, 2.75) is 12.5 Å². The van der Waals surface area contributed by atoms with Crippen LogP contribution in [0.5, 0.6) is 0 Å². The molecule has 88 valence electrons. The lowest BCUT2D eigenvalue weighted by Crippen LogP contribution is -2.29. The molecule has 1 aliphatic heterocycles. The maximum atomic E-state index is 12.2. The summed E-state index contributed by atoms with van der Waals surface area (Å²) < 4.78 is 0. The lowest BCUT2D eigenvalue weighted by Gasteiger charge is -2.13. The number of aliphatic hydroxyl groups excluding tert-OH is 1. The highest BCUT2D eigenvalue weighted by molar-refractivity contribution is 6.04. The fourth-order valence-corrected chi connectivity index (χ4v) is 2.20. The number of hydrogen-bond acceptors (Lipinski definition) is 3. The molecule has 0 radical (unpaired) electrons. The number of para-hydroxylation sites is 1. The number of carbonyl (C=O) groups excluding carboxylic acids is 1. The molecule has 1 fully saturated rings. The van der Waals surface area contributed by atoms with E-state index in [-0.39, 0.29) is 5.91 Å². The topological polar surface area (TPSA) is 69.2 Å². The molecule has 1 atom stereocenters. The van der Waals surface area contributed by atoms with Crippen LogP contribution in [-0.2, 0) is 0 Å². The van der Waals surface area contributed by atoms with E-state index in [2.05, 4.69) is 10.2 Å². The standard InChI is InChI=1S/C12H13N3O2/c16-8-5-6-15(7-8)12(17)11-9-3-1-2-4-10(9)13-14-11/h1-4,8,16H,5-7H2,(H,13,14). The molecule has 1 aromatic carbocycles. The number of aromatic amines is 1. The molecule has 0 aliphatic carbocycles. The molecule has 2 heterocycles. The molecule has 0 bridgehead atoms. The summed E-state index contributed by atoms with van der Waals surface area (Å²) in [5.74, 6) is -0.112. The molecular weight excluding hydrogens is 218 g/mol. The van der Waals surface area contributed by atoms with Crippen LogP contribution in [-0.4, -0.2) is 45.3 Å². The highest BCUT2D eigenvalue weighted by Gasteiger charge is 2.27. The molecule has 1 aromatic heterocycles. The SMILES string of the molecule is O=C(c1n[nH]c2ccccc12)N1CCC(O)C1. The van der Waals surface area contributed by atoms with Gasteiger partial charge in [0.25, 0.3) is 5.91 Å². The second-order valence-electron chi connectivity index (χ2n) is 4.31. The number of rotatable bonds is 1. The normalized spacial score (nSPS) is 20.1. The Morgan fingerprint density at radius 1 is 1.47 bits per heavy atom. The van der Waals surface area contributed by atoms with Crippen molar-refractivity contribution in [2.75, 3.05) is 13.1 Å². The van der Waals surface area contributed by atoms with Crippen LogP contribution < -0.4 is 0 Å². The van der Waals surface area contributed by atoms with Gasteiger partial charge < -0.3 is 10.0 Å². The smallest absolute Gasteiger partial charge is 0.275 e. The van der Waals surface area contributed by atoms with E-state index >= 15 is 0 Å². The van der Waals surface area contributed by atoms with E-state index in [0.717, 1.165) is 10.9 Å². The second-order valence-corrected chi connectivity index (χ2v) is 4.31. The van der Waals surface area contributed by atoms with E-state index in [4.69, 9.17) is 0 Å². The molecular formula is C12H13N3O2. The highest BCUT2D eigenvalue weighted by atomic mass is 16.3. The fraction of sp³-hybridized carbons (Fsp3) is 0.333. The summed E-state index contributed by atoms with van der Waals surface area (Å²) in [7, 11) is 0. The van der Waals surface area contributed by atoms with Crippen LogP contribution in [0.3, 0.4) is 0 Å². The third kappa shape index (κ3) is 1.68. The van der Waals surface area contributed by atoms with Crippen molar-refractivity contribution < 1.29 is 9.90 Å². The Morgan fingerprint density at radius 2 is 2.29 bits per heavy atom. The van der Waals surface area contributed by atoms with Gasteiger partial charge in [-0.2, -0.15) is 5.10 Å². The van der Waals surface area contributed by atoms with E-state index in [1.807, 2.05) is 24.3 Å². The highest BCUT2D eigenvalue weighted by Crippen LogP contribution is 2.19. The zero-order chi connectivity index (χ0) is 11.8. The predicted octanol–water partition coefficient (Wildman–Crippen LogP) is 0.770. The first-order valence-electron chi connectivity index (χ1n) is 5.66. The van der Waals surface area contributed by atoms with Gasteiger partial charge >= 0.3 is 0 Å². The van der Waals surface area contributed by atoms with Crippen LogP contribution in [0, 0.1) is 0 Å². The van der Waals surface area contributed by atoms with Gasteiger partial charge in [-0.25, -0.2) is 0 Å². The minimum atomic E-state index is -0.399. The van der Waals surface area contributed by atoms with Crippen molar-refractivity contribution in [1.29, 1.82) is 0 Å². The van der Waals surface area contributed by atoms with Gasteiger partial charge in [0.2, 0.25) is 0 Å². The van der Waals surface area contributed by atoms with Crippen LogP contribution in [0.25, 0.3) is 10.9 Å². The molecule has 0 spiro atoms. The van der Waals surface area contributed by atoms with Crippen LogP contribution in [0.2, 0.25) is 0 Å². The third-order valence-electron chi connectivity index (χ3n) is 3.12. The number of nitrogens with one attached hydrogen (secondary N) is 1. The monoisotopic (exact) mass is 231 g/mol. The quantitative estimate of drug-likeness (QED) is 0.761. The molecule has 5 nitrogen and oxygen atoms in total. The first-order valence-corrected chi connectivity index (χ1v) is 5.66. The average Bonchev–Trinajstić information content (AvgIpc) is 2.94. The molecule has 2 N–H and O–H groups in total. The van der Waals surface area contributed by atoms with E-state index in [1.165, 1.54) is 0 Å². The van der Waals surface area contributed by atoms with E-state index in [9.17, 15) is 9.90 Å². The predicted molar refractivity (Wildman–Crippen MR) is 62.6 cm³/mol. The summed E-state index contributed by atoms with van der Waals surface area (Å²) in [4.78, 5) is 13.8. The minimum absolute atomic E-state index is 0.112. The maximum absolute atomic E-state index is 12.2. The number of aliphatic hydroxyl groups is 1. The number of carbonyl (C=O) groups is 1. The summed E-state index contributed by atoms with van der Waals surface area (Å²) in [6.45, 7) is 1.00. The van der Waals surface area contributed by atoms with Gasteiger partial charge in [-0.15, -0.1) is 0 Å². The Bertz CT molecular complexity index is 564. The van der Waals surface area contributed by atoms with Crippen LogP contribution in [0.4, 0.5) is 0 Å². The molecule has 1 unspecified atom stereocenters. The maximum Gasteiger partial charge on any atom is 0.275 e. The number of aromatic nitrogens is 2. The van der Waals surface area contributed by atoms with Crippen molar-refractivity contribution >= 4 is 16.8 Å². The summed E-state index contributed by atoms with van der Waals surface area (Å²) in [6, 6.07) is 7.54. The Morgan fingerprint density at radius 3 is 3.06 bits per heavy atom. The number of benzene rings is 1. The number of β-amino-alcohol motifs (C(OH)–C–C–N with tert-alkyl or cyclic N) is 1. The summed E-state index contributed by atoms with van der Waals surface area (Å²) in [5, 5.41) is 17.2. The molecule has 1 aliphatic rings. The van der Waals surface area contributed by atoms with Gasteiger partial charge in [-0.1, -0.05) is 18.2 Å². The summed E-state index contributed by atoms with van der Waals surface area (Å²) >= 11 is 0. The van der Waals surface area contributed by atoms with Gasteiger partial charge in [-0.3, -0.25) is 9.89 Å². The molecule has 2 aromatic rings. The van der Waals surface area contributed by atoms with E-state index in [1.54, 1.807) is 4.90 Å². The molecule has 1 amide bonds. The molecule has 17 heavy (non-hydrogen) atoms. The van der Waals surface area contributed by atoms with Gasteiger partial charge in [0.05, 0.1) is 11.6 Å². The van der Waals surface area contributed by atoms with Crippen molar-refractivity contribution in [1.82, 2.24) is 15.1 Å².